The summed E-state index contributed by atoms with van der Waals surface area (Å²) in [5.74, 6) is 2.82. The van der Waals surface area contributed by atoms with Gasteiger partial charge in [-0.25, -0.2) is 4.79 Å². The van der Waals surface area contributed by atoms with Crippen molar-refractivity contribution in [3.05, 3.63) is 0 Å². The van der Waals surface area contributed by atoms with Crippen LogP contribution in [0, 0.1) is 16.7 Å². The van der Waals surface area contributed by atoms with Crippen molar-refractivity contribution in [1.29, 1.82) is 0 Å². The van der Waals surface area contributed by atoms with Gasteiger partial charge in [-0.05, 0) is 11.8 Å². The first-order valence-corrected chi connectivity index (χ1v) is 3.20. The summed E-state index contributed by atoms with van der Waals surface area (Å²) in [4.78, 5) is 12.0. The average Bonchev–Trinajstić information content (AvgIpc) is 1.85. The lowest BCUT2D eigenvalue weighted by atomic mass is 10.2. The van der Waals surface area contributed by atoms with E-state index in [9.17, 15) is 4.79 Å². The fourth-order valence-electron chi connectivity index (χ4n) is 0.294. The first kappa shape index (κ1) is 8.51. The molecule has 3 heteroatoms. The molecule has 0 fully saturated rings. The van der Waals surface area contributed by atoms with Crippen LogP contribution in [-0.4, -0.2) is 13.1 Å². The van der Waals surface area contributed by atoms with Crippen LogP contribution in [0.25, 0.3) is 0 Å². The third-order valence-electron chi connectivity index (χ3n) is 0.693. The molecule has 2 nitrogen and oxygen atoms in total. The van der Waals surface area contributed by atoms with Crippen molar-refractivity contribution in [1.82, 2.24) is 0 Å². The molecule has 0 aromatic carbocycles. The SMILES string of the molecule is CC(C#CBr)CO[C]=O. The van der Waals surface area contributed by atoms with Crippen LogP contribution in [0.2, 0.25) is 0 Å². The molecule has 0 aliphatic heterocycles. The Morgan fingerprint density at radius 2 is 2.44 bits per heavy atom. The van der Waals surface area contributed by atoms with Crippen LogP contribution in [0.3, 0.4) is 0 Å². The van der Waals surface area contributed by atoms with Crippen LogP contribution in [0.4, 0.5) is 0 Å². The Bertz CT molecular complexity index is 134. The number of ether oxygens (including phenoxy) is 1. The van der Waals surface area contributed by atoms with Crippen molar-refractivity contribution >= 4 is 22.4 Å². The highest BCUT2D eigenvalue weighted by molar-refractivity contribution is 9.12. The zero-order valence-electron chi connectivity index (χ0n) is 4.98. The van der Waals surface area contributed by atoms with E-state index in [1.54, 1.807) is 0 Å². The lowest BCUT2D eigenvalue weighted by molar-refractivity contribution is 0.255. The minimum atomic E-state index is 0.0748. The second kappa shape index (κ2) is 5.64. The van der Waals surface area contributed by atoms with Crippen molar-refractivity contribution in [3.8, 4) is 10.8 Å². The maximum absolute atomic E-state index is 9.51. The molecular weight excluding hydrogens is 184 g/mol. The maximum Gasteiger partial charge on any atom is 0.417 e. The lowest BCUT2D eigenvalue weighted by Gasteiger charge is -1.97. The summed E-state index contributed by atoms with van der Waals surface area (Å²) in [6, 6.07) is 0. The molecular formula is C6H6BrO2. The number of halogens is 1. The van der Waals surface area contributed by atoms with Gasteiger partial charge in [0, 0.05) is 15.9 Å². The van der Waals surface area contributed by atoms with Crippen LogP contribution in [0.5, 0.6) is 0 Å². The van der Waals surface area contributed by atoms with Gasteiger partial charge in [0.15, 0.2) is 0 Å². The van der Waals surface area contributed by atoms with Gasteiger partial charge in [-0.15, -0.1) is 0 Å². The first-order chi connectivity index (χ1) is 4.31. The molecule has 0 saturated heterocycles. The number of rotatable bonds is 3. The lowest BCUT2D eigenvalue weighted by Crippen LogP contribution is -2.01. The van der Waals surface area contributed by atoms with Crippen molar-refractivity contribution < 1.29 is 9.53 Å². The van der Waals surface area contributed by atoms with Gasteiger partial charge in [0.25, 0.3) is 0 Å². The average molecular weight is 190 g/mol. The van der Waals surface area contributed by atoms with Gasteiger partial charge in [-0.3, -0.25) is 0 Å². The molecule has 0 rings (SSSR count). The molecule has 1 atom stereocenters. The minimum Gasteiger partial charge on any atom is -0.456 e. The largest absolute Gasteiger partial charge is 0.456 e. The third-order valence-corrected chi connectivity index (χ3v) is 0.922. The van der Waals surface area contributed by atoms with Gasteiger partial charge in [0.05, 0.1) is 5.92 Å². The molecule has 0 aromatic heterocycles. The predicted octanol–water partition coefficient (Wildman–Crippen LogP) is 1.06. The highest BCUT2D eigenvalue weighted by atomic mass is 79.9. The fraction of sp³-hybridized carbons (Fsp3) is 0.500. The van der Waals surface area contributed by atoms with E-state index in [0.29, 0.717) is 6.61 Å². The summed E-state index contributed by atoms with van der Waals surface area (Å²) >= 11 is 2.93. The standard InChI is InChI=1S/C6H6BrO2/c1-6(2-3-7)4-9-5-8/h6H,4H2,1H3. The molecule has 0 aliphatic rings. The molecule has 0 spiro atoms. The van der Waals surface area contributed by atoms with E-state index in [0.717, 1.165) is 0 Å². The molecule has 0 aromatic rings. The Hall–Kier alpha value is -0.490. The molecule has 0 heterocycles. The van der Waals surface area contributed by atoms with Gasteiger partial charge in [0.2, 0.25) is 0 Å². The Labute approximate surface area is 62.7 Å². The zero-order valence-corrected chi connectivity index (χ0v) is 6.56. The molecule has 1 unspecified atom stereocenters. The Balaban J connectivity index is 3.33. The number of hydrogen-bond donors (Lipinski definition) is 0. The van der Waals surface area contributed by atoms with Crippen LogP contribution in [0.1, 0.15) is 6.92 Å². The van der Waals surface area contributed by atoms with E-state index in [1.165, 1.54) is 6.47 Å². The third kappa shape index (κ3) is 5.38. The van der Waals surface area contributed by atoms with Gasteiger partial charge in [-0.2, -0.15) is 0 Å². The topological polar surface area (TPSA) is 26.3 Å². The second-order valence-electron chi connectivity index (χ2n) is 1.53. The molecule has 9 heavy (non-hydrogen) atoms. The Kier molecular flexibility index (Phi) is 5.34. The van der Waals surface area contributed by atoms with E-state index < -0.39 is 0 Å². The van der Waals surface area contributed by atoms with Crippen molar-refractivity contribution in [3.63, 3.8) is 0 Å². The van der Waals surface area contributed by atoms with Crippen LogP contribution < -0.4 is 0 Å². The molecule has 49 valence electrons. The second-order valence-corrected chi connectivity index (χ2v) is 1.93. The van der Waals surface area contributed by atoms with Crippen LogP contribution in [-0.2, 0) is 9.53 Å². The zero-order chi connectivity index (χ0) is 7.11. The molecule has 0 amide bonds. The quantitative estimate of drug-likeness (QED) is 0.622. The summed E-state index contributed by atoms with van der Waals surface area (Å²) < 4.78 is 4.32. The van der Waals surface area contributed by atoms with Crippen molar-refractivity contribution in [2.75, 3.05) is 6.61 Å². The van der Waals surface area contributed by atoms with E-state index >= 15 is 0 Å². The maximum atomic E-state index is 9.51. The number of hydrogen-bond acceptors (Lipinski definition) is 2. The molecule has 0 N–H and O–H groups in total. The molecule has 1 radical (unpaired) electrons. The van der Waals surface area contributed by atoms with E-state index in [-0.39, 0.29) is 5.92 Å². The highest BCUT2D eigenvalue weighted by Crippen LogP contribution is 1.91. The smallest absolute Gasteiger partial charge is 0.417 e. The first-order valence-electron chi connectivity index (χ1n) is 2.41. The summed E-state index contributed by atoms with van der Waals surface area (Å²) in [6.45, 7) is 3.48. The summed E-state index contributed by atoms with van der Waals surface area (Å²) in [5, 5.41) is 0. The molecule has 0 saturated carbocycles. The van der Waals surface area contributed by atoms with Crippen molar-refractivity contribution in [2.24, 2.45) is 5.92 Å². The van der Waals surface area contributed by atoms with Crippen molar-refractivity contribution in [2.45, 2.75) is 6.92 Å². The Morgan fingerprint density at radius 1 is 1.78 bits per heavy atom. The predicted molar refractivity (Wildman–Crippen MR) is 37.5 cm³/mol. The monoisotopic (exact) mass is 189 g/mol. The van der Waals surface area contributed by atoms with Gasteiger partial charge < -0.3 is 4.74 Å². The minimum absolute atomic E-state index is 0.0748. The number of carbonyl (C=O) groups excluding carboxylic acids is 1. The van der Waals surface area contributed by atoms with Crippen LogP contribution in [0.15, 0.2) is 0 Å². The highest BCUT2D eigenvalue weighted by Gasteiger charge is 1.94. The summed E-state index contributed by atoms with van der Waals surface area (Å²) in [5.41, 5.74) is 0. The molecule has 0 aliphatic carbocycles. The Morgan fingerprint density at radius 3 is 2.89 bits per heavy atom. The van der Waals surface area contributed by atoms with Gasteiger partial charge >= 0.3 is 6.47 Å². The summed E-state index contributed by atoms with van der Waals surface area (Å²) in [7, 11) is 0. The van der Waals surface area contributed by atoms with E-state index in [2.05, 4.69) is 31.4 Å². The van der Waals surface area contributed by atoms with E-state index in [4.69, 9.17) is 0 Å². The fourth-order valence-corrected chi connectivity index (χ4v) is 0.685. The molecule has 0 bridgehead atoms. The van der Waals surface area contributed by atoms with Crippen LogP contribution >= 0.6 is 15.9 Å². The summed E-state index contributed by atoms with van der Waals surface area (Å²) in [6.07, 6.45) is 0. The normalized spacial score (nSPS) is 10.9. The van der Waals surface area contributed by atoms with Gasteiger partial charge in [-0.1, -0.05) is 5.92 Å². The van der Waals surface area contributed by atoms with Gasteiger partial charge in [0.1, 0.15) is 6.61 Å². The van der Waals surface area contributed by atoms with E-state index in [1.807, 2.05) is 6.92 Å².